The Morgan fingerprint density at radius 3 is 2.40 bits per heavy atom. The fraction of sp³-hybridized carbons (Fsp3) is 0.280. The number of aromatic nitrogens is 2. The van der Waals surface area contributed by atoms with Crippen molar-refractivity contribution in [2.75, 3.05) is 24.3 Å². The maximum absolute atomic E-state index is 12.5. The first-order valence-electron chi connectivity index (χ1n) is 10.1. The third-order valence-corrected chi connectivity index (χ3v) is 5.28. The molecule has 5 nitrogen and oxygen atoms in total. The van der Waals surface area contributed by atoms with Crippen molar-refractivity contribution in [1.82, 2.24) is 9.78 Å². The van der Waals surface area contributed by atoms with Crippen LogP contribution in [0.4, 0.5) is 11.4 Å². The van der Waals surface area contributed by atoms with Crippen LogP contribution in [0, 0.1) is 27.7 Å². The highest BCUT2D eigenvalue weighted by atomic mass is 16.1. The van der Waals surface area contributed by atoms with Gasteiger partial charge in [-0.2, -0.15) is 5.10 Å². The zero-order valence-electron chi connectivity index (χ0n) is 18.7. The molecule has 0 aliphatic carbocycles. The molecule has 1 amide bonds. The molecule has 0 spiro atoms. The van der Waals surface area contributed by atoms with Crippen molar-refractivity contribution in [3.05, 3.63) is 82.2 Å². The molecule has 5 heteroatoms. The topological polar surface area (TPSA) is 50.2 Å². The molecule has 0 bridgehead atoms. The van der Waals surface area contributed by atoms with Crippen molar-refractivity contribution >= 4 is 23.4 Å². The molecule has 0 saturated carbocycles. The van der Waals surface area contributed by atoms with Crippen LogP contribution >= 0.6 is 0 Å². The number of rotatable bonds is 6. The van der Waals surface area contributed by atoms with Crippen molar-refractivity contribution in [2.24, 2.45) is 0 Å². The van der Waals surface area contributed by atoms with Crippen LogP contribution in [0.5, 0.6) is 0 Å². The summed E-state index contributed by atoms with van der Waals surface area (Å²) in [7, 11) is 4.00. The summed E-state index contributed by atoms with van der Waals surface area (Å²) in [6.07, 6.45) is 3.43. The van der Waals surface area contributed by atoms with Crippen LogP contribution < -0.4 is 10.2 Å². The van der Waals surface area contributed by atoms with Crippen LogP contribution in [-0.2, 0) is 11.3 Å². The van der Waals surface area contributed by atoms with Crippen LogP contribution in [0.2, 0.25) is 0 Å². The summed E-state index contributed by atoms with van der Waals surface area (Å²) >= 11 is 0. The third kappa shape index (κ3) is 4.98. The summed E-state index contributed by atoms with van der Waals surface area (Å²) in [6.45, 7) is 8.80. The molecule has 3 aromatic rings. The van der Waals surface area contributed by atoms with Crippen LogP contribution in [-0.4, -0.2) is 29.8 Å². The molecule has 0 fully saturated rings. The molecule has 0 unspecified atom stereocenters. The fourth-order valence-corrected chi connectivity index (χ4v) is 3.37. The Balaban J connectivity index is 1.72. The lowest BCUT2D eigenvalue weighted by atomic mass is 10.1. The van der Waals surface area contributed by atoms with E-state index >= 15 is 0 Å². The van der Waals surface area contributed by atoms with Gasteiger partial charge < -0.3 is 10.2 Å². The van der Waals surface area contributed by atoms with E-state index in [0.29, 0.717) is 6.54 Å². The van der Waals surface area contributed by atoms with E-state index in [0.717, 1.165) is 33.9 Å². The Morgan fingerprint density at radius 1 is 1.07 bits per heavy atom. The van der Waals surface area contributed by atoms with Gasteiger partial charge in [-0.05, 0) is 63.1 Å². The van der Waals surface area contributed by atoms with Gasteiger partial charge in [0.2, 0.25) is 5.91 Å². The van der Waals surface area contributed by atoms with Gasteiger partial charge in [-0.3, -0.25) is 9.48 Å². The third-order valence-electron chi connectivity index (χ3n) is 5.28. The lowest BCUT2D eigenvalue weighted by Gasteiger charge is -2.15. The van der Waals surface area contributed by atoms with Gasteiger partial charge in [0, 0.05) is 42.8 Å². The first-order valence-corrected chi connectivity index (χ1v) is 10.1. The number of carbonyl (C=O) groups is 1. The van der Waals surface area contributed by atoms with Gasteiger partial charge >= 0.3 is 0 Å². The summed E-state index contributed by atoms with van der Waals surface area (Å²) in [4.78, 5) is 14.5. The van der Waals surface area contributed by atoms with E-state index in [1.165, 1.54) is 11.1 Å². The van der Waals surface area contributed by atoms with Crippen LogP contribution in [0.15, 0.2) is 48.5 Å². The zero-order chi connectivity index (χ0) is 21.8. The molecule has 1 heterocycles. The molecule has 0 atom stereocenters. The minimum Gasteiger partial charge on any atom is -0.378 e. The maximum atomic E-state index is 12.5. The average molecular weight is 403 g/mol. The van der Waals surface area contributed by atoms with E-state index in [9.17, 15) is 4.79 Å². The van der Waals surface area contributed by atoms with Crippen molar-refractivity contribution in [3.8, 4) is 0 Å². The monoisotopic (exact) mass is 402 g/mol. The van der Waals surface area contributed by atoms with Crippen LogP contribution in [0.1, 0.15) is 33.6 Å². The second kappa shape index (κ2) is 8.99. The van der Waals surface area contributed by atoms with Gasteiger partial charge in [0.1, 0.15) is 0 Å². The Kier molecular flexibility index (Phi) is 6.40. The standard InChI is InChI=1S/C25H30N4O/c1-17-7-9-21(10-8-17)16-29-20(4)23(19(3)27-29)12-14-25(30)26-24-13-11-22(28(5)6)15-18(24)2/h7-15H,16H2,1-6H3,(H,26,30). The minimum atomic E-state index is -0.152. The summed E-state index contributed by atoms with van der Waals surface area (Å²) in [5, 5.41) is 7.63. The number of hydrogen-bond acceptors (Lipinski definition) is 3. The Bertz CT molecular complexity index is 1080. The molecular weight excluding hydrogens is 372 g/mol. The quantitative estimate of drug-likeness (QED) is 0.598. The summed E-state index contributed by atoms with van der Waals surface area (Å²) in [6, 6.07) is 14.5. The van der Waals surface area contributed by atoms with Gasteiger partial charge in [-0.25, -0.2) is 0 Å². The number of hydrogen-bond donors (Lipinski definition) is 1. The van der Waals surface area contributed by atoms with Gasteiger partial charge in [0.05, 0.1) is 12.2 Å². The van der Waals surface area contributed by atoms with Crippen LogP contribution in [0.25, 0.3) is 6.08 Å². The summed E-state index contributed by atoms with van der Waals surface area (Å²) in [5.74, 6) is -0.152. The Hall–Kier alpha value is -3.34. The van der Waals surface area contributed by atoms with Gasteiger partial charge in [-0.15, -0.1) is 0 Å². The predicted molar refractivity (Wildman–Crippen MR) is 125 cm³/mol. The van der Waals surface area contributed by atoms with E-state index < -0.39 is 0 Å². The van der Waals surface area contributed by atoms with Gasteiger partial charge in [-0.1, -0.05) is 29.8 Å². The average Bonchev–Trinajstić information content (AvgIpc) is 2.96. The Morgan fingerprint density at radius 2 is 1.77 bits per heavy atom. The highest BCUT2D eigenvalue weighted by Gasteiger charge is 2.10. The molecule has 0 radical (unpaired) electrons. The highest BCUT2D eigenvalue weighted by Crippen LogP contribution is 2.22. The molecule has 30 heavy (non-hydrogen) atoms. The maximum Gasteiger partial charge on any atom is 0.248 e. The van der Waals surface area contributed by atoms with E-state index in [4.69, 9.17) is 0 Å². The van der Waals surface area contributed by atoms with Crippen molar-refractivity contribution in [1.29, 1.82) is 0 Å². The van der Waals surface area contributed by atoms with Crippen molar-refractivity contribution in [2.45, 2.75) is 34.2 Å². The smallest absolute Gasteiger partial charge is 0.248 e. The van der Waals surface area contributed by atoms with Crippen LogP contribution in [0.3, 0.4) is 0 Å². The van der Waals surface area contributed by atoms with Crippen molar-refractivity contribution in [3.63, 3.8) is 0 Å². The molecule has 0 aliphatic rings. The Labute approximate surface area is 179 Å². The molecule has 0 saturated heterocycles. The van der Waals surface area contributed by atoms with E-state index in [-0.39, 0.29) is 5.91 Å². The molecule has 1 aromatic heterocycles. The number of nitrogens with one attached hydrogen (secondary N) is 1. The van der Waals surface area contributed by atoms with Gasteiger partial charge in [0.25, 0.3) is 0 Å². The van der Waals surface area contributed by atoms with E-state index in [1.54, 1.807) is 6.08 Å². The molecule has 0 aliphatic heterocycles. The van der Waals surface area contributed by atoms with Gasteiger partial charge in [0.15, 0.2) is 0 Å². The number of benzene rings is 2. The number of nitrogens with zero attached hydrogens (tertiary/aromatic N) is 3. The number of amides is 1. The summed E-state index contributed by atoms with van der Waals surface area (Å²) in [5.41, 5.74) is 8.34. The molecule has 2 aromatic carbocycles. The first kappa shape index (κ1) is 21.4. The van der Waals surface area contributed by atoms with E-state index in [2.05, 4.69) is 47.7 Å². The lowest BCUT2D eigenvalue weighted by Crippen LogP contribution is -2.11. The number of anilines is 2. The lowest BCUT2D eigenvalue weighted by molar-refractivity contribution is -0.111. The number of carbonyl (C=O) groups excluding carboxylic acids is 1. The minimum absolute atomic E-state index is 0.152. The molecule has 1 N–H and O–H groups in total. The second-order valence-electron chi connectivity index (χ2n) is 7.94. The summed E-state index contributed by atoms with van der Waals surface area (Å²) < 4.78 is 1.99. The molecular formula is C25H30N4O. The predicted octanol–water partition coefficient (Wildman–Crippen LogP) is 4.88. The zero-order valence-corrected chi connectivity index (χ0v) is 18.7. The second-order valence-corrected chi connectivity index (χ2v) is 7.94. The van der Waals surface area contributed by atoms with E-state index in [1.807, 2.05) is 62.7 Å². The van der Waals surface area contributed by atoms with Crippen molar-refractivity contribution < 1.29 is 4.79 Å². The number of aryl methyl sites for hydroxylation is 3. The molecule has 3 rings (SSSR count). The molecule has 156 valence electrons. The normalized spacial score (nSPS) is 11.1. The highest BCUT2D eigenvalue weighted by molar-refractivity contribution is 6.02. The largest absolute Gasteiger partial charge is 0.378 e. The fourth-order valence-electron chi connectivity index (χ4n) is 3.37. The SMILES string of the molecule is Cc1ccc(Cn2nc(C)c(C=CC(=O)Nc3ccc(N(C)C)cc3C)c2C)cc1. The first-order chi connectivity index (χ1) is 14.2.